The zero-order valence-electron chi connectivity index (χ0n) is 18.0. The summed E-state index contributed by atoms with van der Waals surface area (Å²) in [4.78, 5) is 21.5. The molecule has 0 unspecified atom stereocenters. The van der Waals surface area contributed by atoms with Gasteiger partial charge in [-0.15, -0.1) is 0 Å². The molecule has 2 aliphatic heterocycles. The van der Waals surface area contributed by atoms with Gasteiger partial charge in [-0.2, -0.15) is 0 Å². The van der Waals surface area contributed by atoms with Crippen LogP contribution in [-0.4, -0.2) is 54.7 Å². The number of para-hydroxylation sites is 1. The van der Waals surface area contributed by atoms with Crippen molar-refractivity contribution in [2.24, 2.45) is 0 Å². The van der Waals surface area contributed by atoms with Crippen LogP contribution >= 0.6 is 0 Å². The van der Waals surface area contributed by atoms with E-state index in [2.05, 4.69) is 53.3 Å². The number of aromatic nitrogens is 1. The van der Waals surface area contributed by atoms with Crippen molar-refractivity contribution in [3.8, 4) is 11.1 Å². The molecule has 3 aromatic rings. The van der Waals surface area contributed by atoms with E-state index in [4.69, 9.17) is 4.74 Å². The number of nitrogens with zero attached hydrogens (tertiary/aromatic N) is 3. The van der Waals surface area contributed by atoms with Gasteiger partial charge in [-0.05, 0) is 55.5 Å². The van der Waals surface area contributed by atoms with Gasteiger partial charge < -0.3 is 14.5 Å². The highest BCUT2D eigenvalue weighted by atomic mass is 16.5. The molecule has 2 aromatic carbocycles. The molecule has 5 heteroatoms. The first-order valence-corrected chi connectivity index (χ1v) is 11.3. The van der Waals surface area contributed by atoms with Crippen LogP contribution in [0.2, 0.25) is 0 Å². The molecule has 0 saturated carbocycles. The van der Waals surface area contributed by atoms with Crippen molar-refractivity contribution >= 4 is 22.5 Å². The van der Waals surface area contributed by atoms with E-state index < -0.39 is 0 Å². The van der Waals surface area contributed by atoms with Crippen molar-refractivity contribution < 1.29 is 9.53 Å². The third-order valence-electron chi connectivity index (χ3n) is 6.73. The molecular weight excluding hydrogens is 386 g/mol. The van der Waals surface area contributed by atoms with Crippen LogP contribution in [0, 0.1) is 0 Å². The average molecular weight is 416 g/mol. The minimum atomic E-state index is -0.202. The molecule has 0 spiro atoms. The van der Waals surface area contributed by atoms with Gasteiger partial charge in [0.05, 0.1) is 5.52 Å². The van der Waals surface area contributed by atoms with Gasteiger partial charge in [0.2, 0.25) is 0 Å². The quantitative estimate of drug-likeness (QED) is 0.629. The second kappa shape index (κ2) is 8.67. The number of anilines is 1. The van der Waals surface area contributed by atoms with Gasteiger partial charge in [-0.25, -0.2) is 0 Å². The van der Waals surface area contributed by atoms with Crippen molar-refractivity contribution in [3.63, 3.8) is 0 Å². The van der Waals surface area contributed by atoms with Crippen molar-refractivity contribution in [3.05, 3.63) is 60.8 Å². The van der Waals surface area contributed by atoms with E-state index in [-0.39, 0.29) is 12.0 Å². The number of carbonyl (C=O) groups is 1. The van der Waals surface area contributed by atoms with Gasteiger partial charge in [0, 0.05) is 55.6 Å². The smallest absolute Gasteiger partial charge is 0.251 e. The Morgan fingerprint density at radius 1 is 1.03 bits per heavy atom. The molecule has 0 bridgehead atoms. The number of amides is 1. The monoisotopic (exact) mass is 415 g/mol. The van der Waals surface area contributed by atoms with Gasteiger partial charge in [-0.1, -0.05) is 30.3 Å². The first kappa shape index (κ1) is 20.0. The molecule has 0 N–H and O–H groups in total. The van der Waals surface area contributed by atoms with Gasteiger partial charge >= 0.3 is 0 Å². The van der Waals surface area contributed by atoms with Crippen LogP contribution < -0.4 is 4.90 Å². The molecule has 2 saturated heterocycles. The topological polar surface area (TPSA) is 45.7 Å². The Hall–Kier alpha value is -2.92. The number of ether oxygens (including phenoxy) is 1. The normalized spacial score (nSPS) is 19.6. The molecule has 2 fully saturated rings. The second-order valence-electron chi connectivity index (χ2n) is 8.63. The molecule has 1 aromatic heterocycles. The van der Waals surface area contributed by atoms with Gasteiger partial charge in [0.25, 0.3) is 5.91 Å². The van der Waals surface area contributed by atoms with Gasteiger partial charge in [-0.3, -0.25) is 9.78 Å². The fraction of sp³-hybridized carbons (Fsp3) is 0.385. The van der Waals surface area contributed by atoms with E-state index >= 15 is 0 Å². The molecule has 1 atom stereocenters. The largest absolute Gasteiger partial charge is 0.371 e. The molecule has 0 aliphatic carbocycles. The van der Waals surface area contributed by atoms with Crippen LogP contribution in [-0.2, 0) is 9.53 Å². The lowest BCUT2D eigenvalue weighted by molar-refractivity contribution is -0.141. The highest BCUT2D eigenvalue weighted by molar-refractivity contribution is 5.83. The van der Waals surface area contributed by atoms with Crippen molar-refractivity contribution in [2.75, 3.05) is 31.6 Å². The Bertz CT molecular complexity index is 1050. The predicted molar refractivity (Wildman–Crippen MR) is 124 cm³/mol. The number of fused-ring (bicyclic) bond motifs is 1. The summed E-state index contributed by atoms with van der Waals surface area (Å²) in [7, 11) is 2.16. The second-order valence-corrected chi connectivity index (χ2v) is 8.63. The Balaban J connectivity index is 1.23. The molecule has 5 rings (SSSR count). The minimum absolute atomic E-state index is 0.187. The average Bonchev–Trinajstić information content (AvgIpc) is 3.38. The third kappa shape index (κ3) is 4.15. The zero-order chi connectivity index (χ0) is 21.2. The molecule has 31 heavy (non-hydrogen) atoms. The highest BCUT2D eigenvalue weighted by Gasteiger charge is 2.31. The van der Waals surface area contributed by atoms with E-state index in [1.807, 2.05) is 29.3 Å². The fourth-order valence-electron chi connectivity index (χ4n) is 4.78. The lowest BCUT2D eigenvalue weighted by atomic mass is 10.0. The fourth-order valence-corrected chi connectivity index (χ4v) is 4.78. The van der Waals surface area contributed by atoms with Crippen molar-refractivity contribution in [2.45, 2.75) is 37.8 Å². The summed E-state index contributed by atoms with van der Waals surface area (Å²) < 4.78 is 5.58. The summed E-state index contributed by atoms with van der Waals surface area (Å²) in [5.41, 5.74) is 4.54. The minimum Gasteiger partial charge on any atom is -0.371 e. The number of piperidine rings is 1. The summed E-state index contributed by atoms with van der Waals surface area (Å²) in [5, 5.41) is 1.16. The molecule has 5 nitrogen and oxygen atoms in total. The Kier molecular flexibility index (Phi) is 5.60. The Morgan fingerprint density at radius 2 is 1.81 bits per heavy atom. The van der Waals surface area contributed by atoms with Gasteiger partial charge in [0.15, 0.2) is 0 Å². The first-order valence-electron chi connectivity index (χ1n) is 11.3. The van der Waals surface area contributed by atoms with E-state index in [0.29, 0.717) is 6.04 Å². The van der Waals surface area contributed by atoms with Crippen LogP contribution in [0.5, 0.6) is 0 Å². The molecule has 160 valence electrons. The predicted octanol–water partition coefficient (Wildman–Crippen LogP) is 4.51. The van der Waals surface area contributed by atoms with Crippen LogP contribution in [0.1, 0.15) is 25.7 Å². The maximum atomic E-state index is 12.6. The Labute approximate surface area is 183 Å². The number of hydrogen-bond acceptors (Lipinski definition) is 4. The summed E-state index contributed by atoms with van der Waals surface area (Å²) in [6.07, 6.45) is 5.60. The van der Waals surface area contributed by atoms with Crippen LogP contribution in [0.15, 0.2) is 60.8 Å². The molecule has 1 amide bonds. The number of rotatable bonds is 4. The maximum Gasteiger partial charge on any atom is 0.251 e. The van der Waals surface area contributed by atoms with Crippen molar-refractivity contribution in [1.82, 2.24) is 9.88 Å². The van der Waals surface area contributed by atoms with E-state index in [1.54, 1.807) is 0 Å². The number of carbonyl (C=O) groups excluding carboxylic acids is 1. The lowest BCUT2D eigenvalue weighted by Crippen LogP contribution is -2.48. The summed E-state index contributed by atoms with van der Waals surface area (Å²) in [5.74, 6) is 0.187. The van der Waals surface area contributed by atoms with Crippen LogP contribution in [0.4, 0.5) is 5.69 Å². The molecule has 3 heterocycles. The molecule has 0 radical (unpaired) electrons. The van der Waals surface area contributed by atoms with E-state index in [9.17, 15) is 4.79 Å². The lowest BCUT2D eigenvalue weighted by Gasteiger charge is -2.38. The zero-order valence-corrected chi connectivity index (χ0v) is 18.0. The van der Waals surface area contributed by atoms with E-state index in [1.165, 1.54) is 11.3 Å². The van der Waals surface area contributed by atoms with E-state index in [0.717, 1.165) is 61.8 Å². The Morgan fingerprint density at radius 3 is 2.55 bits per heavy atom. The maximum absolute atomic E-state index is 12.6. The third-order valence-corrected chi connectivity index (χ3v) is 6.73. The number of hydrogen-bond donors (Lipinski definition) is 0. The number of benzene rings is 2. The summed E-state index contributed by atoms with van der Waals surface area (Å²) in [6.45, 7) is 2.35. The first-order chi connectivity index (χ1) is 15.2. The SMILES string of the molecule is CN(c1ccc(-c2cnc3ccccc3c2)cc1)C1CCN(C(=O)[C@H]2CCCO2)CC1. The number of likely N-dealkylation sites (tertiary alicyclic amines) is 1. The van der Waals surface area contributed by atoms with Crippen LogP contribution in [0.25, 0.3) is 22.0 Å². The summed E-state index contributed by atoms with van der Waals surface area (Å²) >= 11 is 0. The molecular formula is C26H29N3O2. The van der Waals surface area contributed by atoms with Crippen LogP contribution in [0.3, 0.4) is 0 Å². The number of pyridine rings is 1. The standard InChI is InChI=1S/C26H29N3O2/c1-28(23-12-14-29(15-13-23)26(30)25-7-4-16-31-25)22-10-8-19(9-11-22)21-17-20-5-2-3-6-24(20)27-18-21/h2-3,5-6,8-11,17-18,23,25H,4,7,12-16H2,1H3/t25-/m1/s1. The van der Waals surface area contributed by atoms with Crippen molar-refractivity contribution in [1.29, 1.82) is 0 Å². The summed E-state index contributed by atoms with van der Waals surface area (Å²) in [6, 6.07) is 19.6. The van der Waals surface area contributed by atoms with Gasteiger partial charge in [0.1, 0.15) is 6.10 Å². The molecule has 2 aliphatic rings. The highest BCUT2D eigenvalue weighted by Crippen LogP contribution is 2.28.